The standard InChI is InChI=1S/C13H17F3N2O/c1-2-19-12(8-3-4-8)11(17)9-7-18-6-5-10(9)13(14,15)16/h5-8,11-12H,2-4,17H2,1H3. The lowest BCUT2D eigenvalue weighted by Gasteiger charge is -2.26. The van der Waals surface area contributed by atoms with Crippen molar-refractivity contribution in [1.82, 2.24) is 4.98 Å². The van der Waals surface area contributed by atoms with E-state index >= 15 is 0 Å². The van der Waals surface area contributed by atoms with Gasteiger partial charge in [-0.1, -0.05) is 0 Å². The molecule has 0 aromatic carbocycles. The van der Waals surface area contributed by atoms with Crippen molar-refractivity contribution < 1.29 is 17.9 Å². The van der Waals surface area contributed by atoms with Crippen LogP contribution in [0.4, 0.5) is 13.2 Å². The van der Waals surface area contributed by atoms with Gasteiger partial charge < -0.3 is 10.5 Å². The van der Waals surface area contributed by atoms with Crippen molar-refractivity contribution in [3.05, 3.63) is 29.6 Å². The maximum Gasteiger partial charge on any atom is 0.416 e. The van der Waals surface area contributed by atoms with Crippen LogP contribution in [-0.2, 0) is 10.9 Å². The highest BCUT2D eigenvalue weighted by Crippen LogP contribution is 2.41. The Hall–Kier alpha value is -1.14. The van der Waals surface area contributed by atoms with Crippen molar-refractivity contribution in [3.8, 4) is 0 Å². The quantitative estimate of drug-likeness (QED) is 0.898. The average Bonchev–Trinajstić information content (AvgIpc) is 3.18. The van der Waals surface area contributed by atoms with E-state index in [-0.39, 0.29) is 17.6 Å². The van der Waals surface area contributed by atoms with Crippen LogP contribution in [-0.4, -0.2) is 17.7 Å². The summed E-state index contributed by atoms with van der Waals surface area (Å²) in [5.41, 5.74) is 5.29. The Bertz CT molecular complexity index is 432. The van der Waals surface area contributed by atoms with Crippen LogP contribution in [0.2, 0.25) is 0 Å². The number of alkyl halides is 3. The molecule has 0 bridgehead atoms. The third-order valence-electron chi connectivity index (χ3n) is 3.32. The van der Waals surface area contributed by atoms with Crippen molar-refractivity contribution >= 4 is 0 Å². The summed E-state index contributed by atoms with van der Waals surface area (Å²) in [5, 5.41) is 0. The molecule has 3 nitrogen and oxygen atoms in total. The van der Waals surface area contributed by atoms with Crippen LogP contribution >= 0.6 is 0 Å². The Morgan fingerprint density at radius 2 is 2.16 bits per heavy atom. The zero-order valence-corrected chi connectivity index (χ0v) is 10.7. The minimum atomic E-state index is -4.42. The summed E-state index contributed by atoms with van der Waals surface area (Å²) in [7, 11) is 0. The zero-order valence-electron chi connectivity index (χ0n) is 10.7. The topological polar surface area (TPSA) is 48.1 Å². The summed E-state index contributed by atoms with van der Waals surface area (Å²) in [6.45, 7) is 2.26. The second-order valence-corrected chi connectivity index (χ2v) is 4.74. The summed E-state index contributed by atoms with van der Waals surface area (Å²) in [6, 6.07) is 0.170. The Balaban J connectivity index is 2.29. The molecular weight excluding hydrogens is 257 g/mol. The van der Waals surface area contributed by atoms with Gasteiger partial charge >= 0.3 is 6.18 Å². The molecule has 1 heterocycles. The van der Waals surface area contributed by atoms with E-state index in [0.717, 1.165) is 25.1 Å². The van der Waals surface area contributed by atoms with Crippen molar-refractivity contribution in [2.45, 2.75) is 38.1 Å². The normalized spacial score (nSPS) is 19.2. The zero-order chi connectivity index (χ0) is 14.0. The largest absolute Gasteiger partial charge is 0.416 e. The number of ether oxygens (including phenoxy) is 1. The van der Waals surface area contributed by atoms with Crippen molar-refractivity contribution in [2.75, 3.05) is 6.61 Å². The SMILES string of the molecule is CCOC(C1CC1)C(N)c1cnccc1C(F)(F)F. The smallest absolute Gasteiger partial charge is 0.376 e. The predicted octanol–water partition coefficient (Wildman–Crippen LogP) is 2.92. The van der Waals surface area contributed by atoms with Crippen LogP contribution in [0.3, 0.4) is 0 Å². The van der Waals surface area contributed by atoms with Gasteiger partial charge in [0.25, 0.3) is 0 Å². The first-order valence-electron chi connectivity index (χ1n) is 6.33. The van der Waals surface area contributed by atoms with Crippen LogP contribution in [0.15, 0.2) is 18.5 Å². The third kappa shape index (κ3) is 3.25. The van der Waals surface area contributed by atoms with Crippen LogP contribution < -0.4 is 5.73 Å². The van der Waals surface area contributed by atoms with Gasteiger partial charge in [0.1, 0.15) is 0 Å². The first-order chi connectivity index (χ1) is 8.95. The Kier molecular flexibility index (Phi) is 4.10. The highest BCUT2D eigenvalue weighted by molar-refractivity contribution is 5.30. The molecule has 2 atom stereocenters. The number of pyridine rings is 1. The number of aromatic nitrogens is 1. The van der Waals surface area contributed by atoms with E-state index in [1.54, 1.807) is 0 Å². The summed E-state index contributed by atoms with van der Waals surface area (Å²) in [6.07, 6.45) is -0.542. The number of hydrogen-bond acceptors (Lipinski definition) is 3. The first-order valence-corrected chi connectivity index (χ1v) is 6.33. The van der Waals surface area contributed by atoms with E-state index in [0.29, 0.717) is 6.61 Å². The molecule has 0 amide bonds. The monoisotopic (exact) mass is 274 g/mol. The fraction of sp³-hybridized carbons (Fsp3) is 0.615. The lowest BCUT2D eigenvalue weighted by molar-refractivity contribution is -0.138. The summed E-state index contributed by atoms with van der Waals surface area (Å²) >= 11 is 0. The summed E-state index contributed by atoms with van der Waals surface area (Å²) in [4.78, 5) is 3.77. The molecule has 1 saturated carbocycles. The average molecular weight is 274 g/mol. The molecule has 0 saturated heterocycles. The van der Waals surface area contributed by atoms with Gasteiger partial charge in [0.2, 0.25) is 0 Å². The van der Waals surface area contributed by atoms with Crippen molar-refractivity contribution in [2.24, 2.45) is 11.7 Å². The lowest BCUT2D eigenvalue weighted by Crippen LogP contribution is -2.32. The van der Waals surface area contributed by atoms with Gasteiger partial charge in [0, 0.05) is 24.6 Å². The second kappa shape index (κ2) is 5.46. The van der Waals surface area contributed by atoms with Crippen LogP contribution in [0.5, 0.6) is 0 Å². The van der Waals surface area contributed by atoms with E-state index in [9.17, 15) is 13.2 Å². The molecule has 106 valence electrons. The molecule has 0 aliphatic heterocycles. The van der Waals surface area contributed by atoms with Crippen LogP contribution in [0.1, 0.15) is 36.9 Å². The Morgan fingerprint density at radius 1 is 1.47 bits per heavy atom. The molecule has 1 aromatic heterocycles. The maximum atomic E-state index is 13.0. The van der Waals surface area contributed by atoms with Gasteiger partial charge in [0.15, 0.2) is 0 Å². The molecule has 1 aliphatic carbocycles. The van der Waals surface area contributed by atoms with E-state index in [1.165, 1.54) is 6.20 Å². The van der Waals surface area contributed by atoms with Gasteiger partial charge in [-0.3, -0.25) is 4.98 Å². The molecule has 19 heavy (non-hydrogen) atoms. The molecule has 0 radical (unpaired) electrons. The molecule has 1 aromatic rings. The molecule has 2 N–H and O–H groups in total. The minimum Gasteiger partial charge on any atom is -0.376 e. The summed E-state index contributed by atoms with van der Waals surface area (Å²) < 4.78 is 44.4. The van der Waals surface area contributed by atoms with E-state index < -0.39 is 17.8 Å². The first kappa shape index (κ1) is 14.3. The Labute approximate surface area is 110 Å². The van der Waals surface area contributed by atoms with Gasteiger partial charge in [-0.15, -0.1) is 0 Å². The highest BCUT2D eigenvalue weighted by atomic mass is 19.4. The van der Waals surface area contributed by atoms with Crippen molar-refractivity contribution in [3.63, 3.8) is 0 Å². The molecule has 1 aliphatic rings. The fourth-order valence-electron chi connectivity index (χ4n) is 2.26. The number of nitrogens with two attached hydrogens (primary N) is 1. The molecular formula is C13H17F3N2O. The third-order valence-corrected chi connectivity index (χ3v) is 3.32. The van der Waals surface area contributed by atoms with Gasteiger partial charge in [-0.25, -0.2) is 0 Å². The van der Waals surface area contributed by atoms with Gasteiger partial charge in [0.05, 0.1) is 17.7 Å². The highest BCUT2D eigenvalue weighted by Gasteiger charge is 2.41. The lowest BCUT2D eigenvalue weighted by atomic mass is 9.96. The van der Waals surface area contributed by atoms with Crippen LogP contribution in [0, 0.1) is 5.92 Å². The second-order valence-electron chi connectivity index (χ2n) is 4.74. The van der Waals surface area contributed by atoms with E-state index in [1.807, 2.05) is 6.92 Å². The van der Waals surface area contributed by atoms with E-state index in [4.69, 9.17) is 10.5 Å². The minimum absolute atomic E-state index is 0.0142. The molecule has 0 spiro atoms. The number of halogens is 3. The van der Waals surface area contributed by atoms with E-state index in [2.05, 4.69) is 4.98 Å². The van der Waals surface area contributed by atoms with Crippen LogP contribution in [0.25, 0.3) is 0 Å². The number of hydrogen-bond donors (Lipinski definition) is 1. The Morgan fingerprint density at radius 3 is 2.68 bits per heavy atom. The van der Waals surface area contributed by atoms with Crippen molar-refractivity contribution in [1.29, 1.82) is 0 Å². The van der Waals surface area contributed by atoms with Gasteiger partial charge in [-0.05, 0) is 31.7 Å². The predicted molar refractivity (Wildman–Crippen MR) is 64.3 cm³/mol. The fourth-order valence-corrected chi connectivity index (χ4v) is 2.26. The molecule has 1 fully saturated rings. The molecule has 2 rings (SSSR count). The maximum absolute atomic E-state index is 13.0. The van der Waals surface area contributed by atoms with Gasteiger partial charge in [-0.2, -0.15) is 13.2 Å². The number of nitrogens with zero attached hydrogens (tertiary/aromatic N) is 1. The summed E-state index contributed by atoms with van der Waals surface area (Å²) in [5.74, 6) is 0.260. The molecule has 6 heteroatoms. The number of rotatable bonds is 5. The molecule has 2 unspecified atom stereocenters.